The van der Waals surface area contributed by atoms with Crippen molar-refractivity contribution in [2.75, 3.05) is 18.4 Å². The van der Waals surface area contributed by atoms with Crippen molar-refractivity contribution in [2.45, 2.75) is 6.10 Å². The number of carbonyl (C=O) groups is 1. The van der Waals surface area contributed by atoms with Gasteiger partial charge in [0, 0.05) is 22.3 Å². The molecule has 0 radical (unpaired) electrons. The summed E-state index contributed by atoms with van der Waals surface area (Å²) in [6.45, 7) is 0.221. The average molecular weight is 339 g/mol. The summed E-state index contributed by atoms with van der Waals surface area (Å²) in [6.07, 6.45) is -0.864. The number of aliphatic hydroxyl groups is 1. The van der Waals surface area contributed by atoms with E-state index in [1.54, 1.807) is 18.2 Å². The number of benzene rings is 2. The van der Waals surface area contributed by atoms with Crippen molar-refractivity contribution in [3.63, 3.8) is 0 Å². The molecule has 0 aliphatic heterocycles. The number of hydrogen-bond donors (Lipinski definition) is 3. The van der Waals surface area contributed by atoms with Gasteiger partial charge in [-0.2, -0.15) is 0 Å². The molecule has 2 aromatic carbocycles. The first-order valence-corrected chi connectivity index (χ1v) is 7.50. The smallest absolute Gasteiger partial charge is 0.239 e. The molecule has 0 bridgehead atoms. The highest BCUT2D eigenvalue weighted by Gasteiger charge is 2.11. The van der Waals surface area contributed by atoms with E-state index in [1.807, 2.05) is 30.3 Å². The fourth-order valence-corrected chi connectivity index (χ4v) is 2.44. The summed E-state index contributed by atoms with van der Waals surface area (Å²) >= 11 is 11.8. The van der Waals surface area contributed by atoms with Crippen LogP contribution >= 0.6 is 23.2 Å². The SMILES string of the molecule is O=C(CNc1ccccc1)NCC(O)c1cc(Cl)cc(Cl)c1. The summed E-state index contributed by atoms with van der Waals surface area (Å²) in [5, 5.41) is 16.6. The van der Waals surface area contributed by atoms with Gasteiger partial charge in [-0.15, -0.1) is 0 Å². The molecule has 4 nitrogen and oxygen atoms in total. The van der Waals surface area contributed by atoms with E-state index in [4.69, 9.17) is 23.2 Å². The van der Waals surface area contributed by atoms with Crippen molar-refractivity contribution >= 4 is 34.8 Å². The Bertz CT molecular complexity index is 615. The summed E-state index contributed by atoms with van der Waals surface area (Å²) in [5.41, 5.74) is 1.42. The van der Waals surface area contributed by atoms with Crippen molar-refractivity contribution in [3.05, 3.63) is 64.1 Å². The van der Waals surface area contributed by atoms with E-state index < -0.39 is 6.10 Å². The molecule has 1 amide bonds. The molecule has 0 fully saturated rings. The minimum absolute atomic E-state index is 0.0893. The topological polar surface area (TPSA) is 61.4 Å². The molecule has 2 rings (SSSR count). The lowest BCUT2D eigenvalue weighted by Gasteiger charge is -2.13. The van der Waals surface area contributed by atoms with Gasteiger partial charge < -0.3 is 15.7 Å². The van der Waals surface area contributed by atoms with E-state index >= 15 is 0 Å². The standard InChI is InChI=1S/C16H16Cl2N2O2/c17-12-6-11(7-13(18)8-12)15(21)9-20-16(22)10-19-14-4-2-1-3-5-14/h1-8,15,19,21H,9-10H2,(H,20,22). The lowest BCUT2D eigenvalue weighted by atomic mass is 10.1. The number of amides is 1. The molecule has 1 unspecified atom stereocenters. The van der Waals surface area contributed by atoms with Crippen LogP contribution in [0.1, 0.15) is 11.7 Å². The molecule has 0 aliphatic carbocycles. The molecule has 6 heteroatoms. The number of para-hydroxylation sites is 1. The normalized spacial score (nSPS) is 11.8. The number of aliphatic hydroxyl groups excluding tert-OH is 1. The highest BCUT2D eigenvalue weighted by Crippen LogP contribution is 2.23. The van der Waals surface area contributed by atoms with Gasteiger partial charge in [0.1, 0.15) is 0 Å². The Morgan fingerprint density at radius 3 is 2.36 bits per heavy atom. The number of nitrogens with one attached hydrogen (secondary N) is 2. The van der Waals surface area contributed by atoms with E-state index in [0.29, 0.717) is 15.6 Å². The van der Waals surface area contributed by atoms with Crippen molar-refractivity contribution < 1.29 is 9.90 Å². The van der Waals surface area contributed by atoms with Crippen LogP contribution in [0.5, 0.6) is 0 Å². The number of carbonyl (C=O) groups excluding carboxylic acids is 1. The van der Waals surface area contributed by atoms with E-state index in [2.05, 4.69) is 10.6 Å². The third-order valence-corrected chi connectivity index (χ3v) is 3.43. The molecular weight excluding hydrogens is 323 g/mol. The van der Waals surface area contributed by atoms with Crippen LogP contribution < -0.4 is 10.6 Å². The molecule has 0 saturated heterocycles. The second kappa shape index (κ2) is 8.03. The van der Waals surface area contributed by atoms with E-state index in [1.165, 1.54) is 0 Å². The zero-order chi connectivity index (χ0) is 15.9. The van der Waals surface area contributed by atoms with Crippen LogP contribution in [0.3, 0.4) is 0 Å². The van der Waals surface area contributed by atoms with Gasteiger partial charge >= 0.3 is 0 Å². The molecule has 0 aliphatic rings. The highest BCUT2D eigenvalue weighted by molar-refractivity contribution is 6.34. The summed E-state index contributed by atoms with van der Waals surface area (Å²) in [4.78, 5) is 11.7. The first kappa shape index (κ1) is 16.6. The maximum absolute atomic E-state index is 11.7. The van der Waals surface area contributed by atoms with Crippen LogP contribution in [-0.4, -0.2) is 24.1 Å². The number of rotatable bonds is 6. The lowest BCUT2D eigenvalue weighted by molar-refractivity contribution is -0.119. The highest BCUT2D eigenvalue weighted by atomic mass is 35.5. The maximum Gasteiger partial charge on any atom is 0.239 e. The summed E-state index contributed by atoms with van der Waals surface area (Å²) in [5.74, 6) is -0.212. The maximum atomic E-state index is 11.7. The van der Waals surface area contributed by atoms with E-state index in [-0.39, 0.29) is 19.0 Å². The Kier molecular flexibility index (Phi) is 6.07. The third-order valence-electron chi connectivity index (χ3n) is 2.99. The summed E-state index contributed by atoms with van der Waals surface area (Å²) in [6, 6.07) is 14.2. The van der Waals surface area contributed by atoms with E-state index in [0.717, 1.165) is 5.69 Å². The van der Waals surface area contributed by atoms with Crippen molar-refractivity contribution in [1.29, 1.82) is 0 Å². The predicted octanol–water partition coefficient (Wildman–Crippen LogP) is 3.26. The van der Waals surface area contributed by atoms with Gasteiger partial charge in [0.2, 0.25) is 5.91 Å². The predicted molar refractivity (Wildman–Crippen MR) is 89.4 cm³/mol. The molecular formula is C16H16Cl2N2O2. The zero-order valence-electron chi connectivity index (χ0n) is 11.7. The minimum atomic E-state index is -0.864. The Labute approximate surface area is 139 Å². The Hall–Kier alpha value is -1.75. The summed E-state index contributed by atoms with van der Waals surface area (Å²) in [7, 11) is 0. The quantitative estimate of drug-likeness (QED) is 0.757. The Balaban J connectivity index is 1.80. The number of hydrogen-bond acceptors (Lipinski definition) is 3. The molecule has 0 saturated carbocycles. The number of halogens is 2. The average Bonchev–Trinajstić information content (AvgIpc) is 2.50. The second-order valence-electron chi connectivity index (χ2n) is 4.74. The number of anilines is 1. The molecule has 2 aromatic rings. The Morgan fingerprint density at radius 2 is 1.73 bits per heavy atom. The van der Waals surface area contributed by atoms with Crippen LogP contribution in [0.25, 0.3) is 0 Å². The molecule has 3 N–H and O–H groups in total. The van der Waals surface area contributed by atoms with Gasteiger partial charge in [-0.05, 0) is 35.9 Å². The molecule has 0 spiro atoms. The van der Waals surface area contributed by atoms with Gasteiger partial charge in [-0.25, -0.2) is 0 Å². The second-order valence-corrected chi connectivity index (χ2v) is 5.62. The molecule has 22 heavy (non-hydrogen) atoms. The largest absolute Gasteiger partial charge is 0.387 e. The van der Waals surface area contributed by atoms with Crippen molar-refractivity contribution in [3.8, 4) is 0 Å². The fraction of sp³-hybridized carbons (Fsp3) is 0.188. The lowest BCUT2D eigenvalue weighted by Crippen LogP contribution is -2.33. The minimum Gasteiger partial charge on any atom is -0.387 e. The van der Waals surface area contributed by atoms with Crippen molar-refractivity contribution in [2.24, 2.45) is 0 Å². The first-order valence-electron chi connectivity index (χ1n) is 6.74. The van der Waals surface area contributed by atoms with Gasteiger partial charge in [0.25, 0.3) is 0 Å². The molecule has 116 valence electrons. The fourth-order valence-electron chi connectivity index (χ4n) is 1.90. The molecule has 1 atom stereocenters. The first-order chi connectivity index (χ1) is 10.5. The van der Waals surface area contributed by atoms with Crippen LogP contribution in [0.15, 0.2) is 48.5 Å². The van der Waals surface area contributed by atoms with Gasteiger partial charge in [0.15, 0.2) is 0 Å². The molecule has 0 heterocycles. The zero-order valence-corrected chi connectivity index (χ0v) is 13.2. The van der Waals surface area contributed by atoms with Crippen LogP contribution in [-0.2, 0) is 4.79 Å². The van der Waals surface area contributed by atoms with Crippen LogP contribution in [0.4, 0.5) is 5.69 Å². The summed E-state index contributed by atoms with van der Waals surface area (Å²) < 4.78 is 0. The van der Waals surface area contributed by atoms with Crippen LogP contribution in [0, 0.1) is 0 Å². The van der Waals surface area contributed by atoms with E-state index in [9.17, 15) is 9.90 Å². The van der Waals surface area contributed by atoms with Crippen LogP contribution in [0.2, 0.25) is 10.0 Å². The molecule has 0 aromatic heterocycles. The van der Waals surface area contributed by atoms with Gasteiger partial charge in [-0.1, -0.05) is 41.4 Å². The van der Waals surface area contributed by atoms with Gasteiger partial charge in [-0.3, -0.25) is 4.79 Å². The van der Waals surface area contributed by atoms with Crippen molar-refractivity contribution in [1.82, 2.24) is 5.32 Å². The van der Waals surface area contributed by atoms with Gasteiger partial charge in [0.05, 0.1) is 12.6 Å². The third kappa shape index (κ3) is 5.22. The monoisotopic (exact) mass is 338 g/mol. The Morgan fingerprint density at radius 1 is 1.09 bits per heavy atom.